The number of nitrogens with zero attached hydrogens (tertiary/aromatic N) is 2. The number of nitrogens with one attached hydrogen (secondary N) is 1. The molecule has 3 rings (SSSR count). The molecule has 1 aliphatic heterocycles. The van der Waals surface area contributed by atoms with Crippen molar-refractivity contribution in [3.63, 3.8) is 0 Å². The Kier molecular flexibility index (Phi) is 4.85. The van der Waals surface area contributed by atoms with Gasteiger partial charge in [-0.05, 0) is 12.1 Å². The first-order valence-electron chi connectivity index (χ1n) is 7.62. The number of rotatable bonds is 5. The molecule has 2 aromatic rings. The lowest BCUT2D eigenvalue weighted by Crippen LogP contribution is -2.50. The van der Waals surface area contributed by atoms with Gasteiger partial charge in [0.25, 0.3) is 0 Å². The van der Waals surface area contributed by atoms with Crippen LogP contribution >= 0.6 is 11.3 Å². The maximum Gasteiger partial charge on any atom is 0.108 e. The van der Waals surface area contributed by atoms with Crippen LogP contribution in [0.4, 0.5) is 0 Å². The van der Waals surface area contributed by atoms with Gasteiger partial charge in [0, 0.05) is 25.2 Å². The van der Waals surface area contributed by atoms with Gasteiger partial charge < -0.3 is 10.1 Å². The van der Waals surface area contributed by atoms with Gasteiger partial charge in [-0.15, -0.1) is 11.3 Å². The third-order valence-corrected chi connectivity index (χ3v) is 4.81. The number of hydrogen-bond donors (Lipinski definition) is 1. The van der Waals surface area contributed by atoms with Crippen molar-refractivity contribution in [1.29, 1.82) is 0 Å². The van der Waals surface area contributed by atoms with Crippen molar-refractivity contribution < 1.29 is 4.74 Å². The highest BCUT2D eigenvalue weighted by molar-refractivity contribution is 7.18. The zero-order valence-electron chi connectivity index (χ0n) is 12.7. The second-order valence-corrected chi connectivity index (χ2v) is 6.95. The lowest BCUT2D eigenvalue weighted by molar-refractivity contribution is -0.0114. The molecular weight excluding hydrogens is 282 g/mol. The number of fused-ring (bicyclic) bond motifs is 1. The fourth-order valence-electron chi connectivity index (χ4n) is 2.62. The standard InChI is InChI=1S/C16H23N3OS/c1-12(2)17-9-13-11-20-8-7-19(13)10-16-18-14-5-3-4-6-15(14)21-16/h3-6,12-13,17H,7-11H2,1-2H3. The molecule has 4 nitrogen and oxygen atoms in total. The largest absolute Gasteiger partial charge is 0.378 e. The number of aromatic nitrogens is 1. The first-order chi connectivity index (χ1) is 10.2. The summed E-state index contributed by atoms with van der Waals surface area (Å²) in [5, 5.41) is 4.72. The molecule has 1 N–H and O–H groups in total. The van der Waals surface area contributed by atoms with Gasteiger partial charge in [0.05, 0.1) is 30.0 Å². The van der Waals surface area contributed by atoms with Crippen molar-refractivity contribution in [3.05, 3.63) is 29.3 Å². The van der Waals surface area contributed by atoms with Gasteiger partial charge in [0.15, 0.2) is 0 Å². The van der Waals surface area contributed by atoms with Crippen LogP contribution in [0.5, 0.6) is 0 Å². The van der Waals surface area contributed by atoms with Crippen LogP contribution < -0.4 is 5.32 Å². The van der Waals surface area contributed by atoms with Crippen LogP contribution in [-0.2, 0) is 11.3 Å². The van der Waals surface area contributed by atoms with Gasteiger partial charge in [0.2, 0.25) is 0 Å². The van der Waals surface area contributed by atoms with Crippen LogP contribution in [0.2, 0.25) is 0 Å². The maximum absolute atomic E-state index is 5.64. The molecule has 1 atom stereocenters. The fourth-order valence-corrected chi connectivity index (χ4v) is 3.61. The Bertz CT molecular complexity index is 551. The summed E-state index contributed by atoms with van der Waals surface area (Å²) in [6.07, 6.45) is 0. The Labute approximate surface area is 130 Å². The zero-order valence-corrected chi connectivity index (χ0v) is 13.5. The van der Waals surface area contributed by atoms with E-state index in [1.54, 1.807) is 11.3 Å². The van der Waals surface area contributed by atoms with Crippen molar-refractivity contribution in [2.75, 3.05) is 26.3 Å². The molecule has 114 valence electrons. The SMILES string of the molecule is CC(C)NCC1COCCN1Cc1nc2ccccc2s1. The van der Waals surface area contributed by atoms with E-state index in [0.29, 0.717) is 12.1 Å². The molecule has 1 fully saturated rings. The van der Waals surface area contributed by atoms with E-state index in [-0.39, 0.29) is 0 Å². The second-order valence-electron chi connectivity index (χ2n) is 5.84. The number of thiazole rings is 1. The van der Waals surface area contributed by atoms with Crippen molar-refractivity contribution in [3.8, 4) is 0 Å². The molecule has 1 aromatic heterocycles. The average molecular weight is 305 g/mol. The van der Waals surface area contributed by atoms with Gasteiger partial charge in [-0.2, -0.15) is 0 Å². The molecule has 0 radical (unpaired) electrons. The van der Waals surface area contributed by atoms with Gasteiger partial charge in [-0.1, -0.05) is 26.0 Å². The Balaban J connectivity index is 1.68. The van der Waals surface area contributed by atoms with E-state index in [0.717, 1.165) is 38.4 Å². The van der Waals surface area contributed by atoms with Crippen LogP contribution in [0, 0.1) is 0 Å². The van der Waals surface area contributed by atoms with Crippen LogP contribution in [0.15, 0.2) is 24.3 Å². The molecule has 0 amide bonds. The van der Waals surface area contributed by atoms with Crippen LogP contribution in [0.25, 0.3) is 10.2 Å². The number of hydrogen-bond acceptors (Lipinski definition) is 5. The highest BCUT2D eigenvalue weighted by Crippen LogP contribution is 2.23. The van der Waals surface area contributed by atoms with E-state index in [1.165, 1.54) is 9.71 Å². The first-order valence-corrected chi connectivity index (χ1v) is 8.43. The second kappa shape index (κ2) is 6.83. The van der Waals surface area contributed by atoms with Crippen molar-refractivity contribution in [2.45, 2.75) is 32.5 Å². The Hall–Kier alpha value is -1.01. The molecule has 21 heavy (non-hydrogen) atoms. The minimum Gasteiger partial charge on any atom is -0.378 e. The predicted octanol–water partition coefficient (Wildman–Crippen LogP) is 2.50. The summed E-state index contributed by atoms with van der Waals surface area (Å²) >= 11 is 1.80. The molecule has 2 heterocycles. The highest BCUT2D eigenvalue weighted by atomic mass is 32.1. The van der Waals surface area contributed by atoms with E-state index in [4.69, 9.17) is 9.72 Å². The number of ether oxygens (including phenoxy) is 1. The van der Waals surface area contributed by atoms with E-state index >= 15 is 0 Å². The normalized spacial score (nSPS) is 20.4. The molecule has 0 bridgehead atoms. The molecule has 1 unspecified atom stereocenters. The fraction of sp³-hybridized carbons (Fsp3) is 0.562. The Morgan fingerprint density at radius 3 is 3.10 bits per heavy atom. The summed E-state index contributed by atoms with van der Waals surface area (Å²) in [6, 6.07) is 9.31. The van der Waals surface area contributed by atoms with E-state index < -0.39 is 0 Å². The third-order valence-electron chi connectivity index (χ3n) is 3.79. The molecule has 1 aliphatic rings. The summed E-state index contributed by atoms with van der Waals surface area (Å²) in [7, 11) is 0. The summed E-state index contributed by atoms with van der Waals surface area (Å²) in [5.74, 6) is 0. The van der Waals surface area contributed by atoms with E-state index in [9.17, 15) is 0 Å². The average Bonchev–Trinajstić information content (AvgIpc) is 2.88. The Morgan fingerprint density at radius 1 is 1.43 bits per heavy atom. The molecule has 5 heteroatoms. The van der Waals surface area contributed by atoms with Crippen molar-refractivity contribution >= 4 is 21.6 Å². The van der Waals surface area contributed by atoms with Gasteiger partial charge >= 0.3 is 0 Å². The molecule has 0 aliphatic carbocycles. The van der Waals surface area contributed by atoms with E-state index in [2.05, 4.69) is 48.3 Å². The van der Waals surface area contributed by atoms with Gasteiger partial charge in [0.1, 0.15) is 5.01 Å². The molecule has 0 saturated carbocycles. The van der Waals surface area contributed by atoms with Crippen LogP contribution in [0.3, 0.4) is 0 Å². The zero-order chi connectivity index (χ0) is 14.7. The first kappa shape index (κ1) is 14.9. The van der Waals surface area contributed by atoms with Crippen LogP contribution in [0.1, 0.15) is 18.9 Å². The molecular formula is C16H23N3OS. The predicted molar refractivity (Wildman–Crippen MR) is 87.8 cm³/mol. The summed E-state index contributed by atoms with van der Waals surface area (Å²) < 4.78 is 6.92. The summed E-state index contributed by atoms with van der Waals surface area (Å²) in [6.45, 7) is 8.88. The van der Waals surface area contributed by atoms with Gasteiger partial charge in [-0.3, -0.25) is 4.90 Å². The van der Waals surface area contributed by atoms with Crippen molar-refractivity contribution in [1.82, 2.24) is 15.2 Å². The number of para-hydroxylation sites is 1. The third kappa shape index (κ3) is 3.80. The lowest BCUT2D eigenvalue weighted by Gasteiger charge is -2.35. The summed E-state index contributed by atoms with van der Waals surface area (Å²) in [5.41, 5.74) is 1.11. The monoisotopic (exact) mass is 305 g/mol. The Morgan fingerprint density at radius 2 is 2.29 bits per heavy atom. The smallest absolute Gasteiger partial charge is 0.108 e. The molecule has 1 aromatic carbocycles. The van der Waals surface area contributed by atoms with Crippen molar-refractivity contribution in [2.24, 2.45) is 0 Å². The van der Waals surface area contributed by atoms with Gasteiger partial charge in [-0.25, -0.2) is 4.98 Å². The quantitative estimate of drug-likeness (QED) is 0.921. The minimum absolute atomic E-state index is 0.438. The van der Waals surface area contributed by atoms with E-state index in [1.807, 2.05) is 0 Å². The maximum atomic E-state index is 5.64. The minimum atomic E-state index is 0.438. The number of benzene rings is 1. The highest BCUT2D eigenvalue weighted by Gasteiger charge is 2.24. The molecule has 1 saturated heterocycles. The van der Waals surface area contributed by atoms with Crippen LogP contribution in [-0.4, -0.2) is 48.3 Å². The lowest BCUT2D eigenvalue weighted by atomic mass is 10.2. The number of morpholine rings is 1. The summed E-state index contributed by atoms with van der Waals surface area (Å²) in [4.78, 5) is 7.25. The molecule has 0 spiro atoms. The topological polar surface area (TPSA) is 37.4 Å².